The van der Waals surface area contributed by atoms with Crippen LogP contribution in [0.5, 0.6) is 0 Å². The zero-order valence-electron chi connectivity index (χ0n) is 11.4. The second kappa shape index (κ2) is 5.90. The van der Waals surface area contributed by atoms with E-state index in [2.05, 4.69) is 0 Å². The summed E-state index contributed by atoms with van der Waals surface area (Å²) in [5.41, 5.74) is -0.401. The van der Waals surface area contributed by atoms with Crippen molar-refractivity contribution in [1.29, 1.82) is 0 Å². The van der Waals surface area contributed by atoms with Crippen LogP contribution in [0, 0.1) is 5.41 Å². The number of hydrogen-bond donors (Lipinski definition) is 1. The first-order valence-electron chi connectivity index (χ1n) is 6.35. The number of hydrogen-bond acceptors (Lipinski definition) is 4. The Morgan fingerprint density at radius 1 is 1.32 bits per heavy atom. The molecule has 19 heavy (non-hydrogen) atoms. The van der Waals surface area contributed by atoms with E-state index in [1.54, 1.807) is 6.92 Å². The van der Waals surface area contributed by atoms with Gasteiger partial charge in [-0.1, -0.05) is 0 Å². The largest absolute Gasteiger partial charge is 0.481 e. The first-order valence-corrected chi connectivity index (χ1v) is 8.41. The monoisotopic (exact) mass is 291 g/mol. The van der Waals surface area contributed by atoms with E-state index in [-0.39, 0.29) is 31.0 Å². The molecule has 0 aliphatic heterocycles. The molecule has 0 atom stereocenters. The highest BCUT2D eigenvalue weighted by molar-refractivity contribution is 7.90. The molecule has 1 fully saturated rings. The molecule has 1 N–H and O–H groups in total. The number of carboxylic acids is 1. The average molecular weight is 291 g/mol. The zero-order valence-corrected chi connectivity index (χ0v) is 12.2. The van der Waals surface area contributed by atoms with Gasteiger partial charge in [0.2, 0.25) is 5.91 Å². The molecule has 1 aliphatic carbocycles. The fourth-order valence-electron chi connectivity index (χ4n) is 2.23. The number of amides is 1. The summed E-state index contributed by atoms with van der Waals surface area (Å²) >= 11 is 0. The number of aliphatic carboxylic acids is 1. The van der Waals surface area contributed by atoms with Gasteiger partial charge >= 0.3 is 5.97 Å². The van der Waals surface area contributed by atoms with Gasteiger partial charge in [0.1, 0.15) is 9.84 Å². The molecule has 0 spiro atoms. The number of sulfone groups is 1. The van der Waals surface area contributed by atoms with E-state index in [1.807, 2.05) is 0 Å². The molecule has 0 aromatic carbocycles. The van der Waals surface area contributed by atoms with Gasteiger partial charge in [0.25, 0.3) is 0 Å². The molecular weight excluding hydrogens is 270 g/mol. The first kappa shape index (κ1) is 15.9. The molecule has 0 aromatic heterocycles. The van der Waals surface area contributed by atoms with Gasteiger partial charge in [-0.25, -0.2) is 8.42 Å². The maximum atomic E-state index is 12.1. The summed E-state index contributed by atoms with van der Waals surface area (Å²) in [7, 11) is -3.09. The molecule has 0 aromatic rings. The standard InChI is InChI=1S/C12H21NO5S/c1-3-13(7-4-11(15)16)10(14)8-12(5-6-12)9-19(2,17)18/h3-9H2,1-2H3,(H,15,16). The molecule has 1 aliphatic rings. The summed E-state index contributed by atoms with van der Waals surface area (Å²) in [5.74, 6) is -1.05. The molecular formula is C12H21NO5S. The van der Waals surface area contributed by atoms with Crippen molar-refractivity contribution in [3.8, 4) is 0 Å². The molecule has 0 radical (unpaired) electrons. The third-order valence-electron chi connectivity index (χ3n) is 3.38. The molecule has 0 heterocycles. The highest BCUT2D eigenvalue weighted by Gasteiger charge is 2.47. The highest BCUT2D eigenvalue weighted by Crippen LogP contribution is 2.50. The second-order valence-corrected chi connectivity index (χ2v) is 7.50. The van der Waals surface area contributed by atoms with Gasteiger partial charge in [0, 0.05) is 25.8 Å². The van der Waals surface area contributed by atoms with E-state index >= 15 is 0 Å². The predicted octanol–water partition coefficient (Wildman–Crippen LogP) is 0.524. The topological polar surface area (TPSA) is 91.8 Å². The lowest BCUT2D eigenvalue weighted by atomic mass is 10.0. The Kier molecular flexibility index (Phi) is 4.95. The van der Waals surface area contributed by atoms with Crippen molar-refractivity contribution in [3.63, 3.8) is 0 Å². The van der Waals surface area contributed by atoms with Crippen LogP contribution >= 0.6 is 0 Å². The summed E-state index contributed by atoms with van der Waals surface area (Å²) in [6.07, 6.45) is 2.80. The van der Waals surface area contributed by atoms with E-state index in [1.165, 1.54) is 11.2 Å². The van der Waals surface area contributed by atoms with Gasteiger partial charge in [-0.15, -0.1) is 0 Å². The number of nitrogens with zero attached hydrogens (tertiary/aromatic N) is 1. The lowest BCUT2D eigenvalue weighted by Crippen LogP contribution is -2.35. The van der Waals surface area contributed by atoms with Crippen molar-refractivity contribution in [2.45, 2.75) is 32.6 Å². The summed E-state index contributed by atoms with van der Waals surface area (Å²) in [4.78, 5) is 24.1. The minimum absolute atomic E-state index is 0.0439. The van der Waals surface area contributed by atoms with E-state index < -0.39 is 21.2 Å². The molecule has 1 saturated carbocycles. The van der Waals surface area contributed by atoms with Crippen LogP contribution in [-0.2, 0) is 19.4 Å². The number of carboxylic acid groups (broad SMARTS) is 1. The number of carbonyl (C=O) groups is 2. The molecule has 1 amide bonds. The summed E-state index contributed by atoms with van der Waals surface area (Å²) in [6.45, 7) is 2.41. The molecule has 0 bridgehead atoms. The average Bonchev–Trinajstić information content (AvgIpc) is 2.94. The van der Waals surface area contributed by atoms with Gasteiger partial charge in [-0.2, -0.15) is 0 Å². The maximum Gasteiger partial charge on any atom is 0.305 e. The van der Waals surface area contributed by atoms with Crippen LogP contribution in [0.3, 0.4) is 0 Å². The number of carbonyl (C=O) groups excluding carboxylic acids is 1. The van der Waals surface area contributed by atoms with Gasteiger partial charge in [-0.3, -0.25) is 9.59 Å². The van der Waals surface area contributed by atoms with Crippen molar-refractivity contribution in [2.24, 2.45) is 5.41 Å². The summed E-state index contributed by atoms with van der Waals surface area (Å²) < 4.78 is 22.6. The Labute approximate surface area is 113 Å². The maximum absolute atomic E-state index is 12.1. The Morgan fingerprint density at radius 2 is 1.89 bits per heavy atom. The van der Waals surface area contributed by atoms with Crippen molar-refractivity contribution < 1.29 is 23.1 Å². The minimum Gasteiger partial charge on any atom is -0.481 e. The first-order chi connectivity index (χ1) is 8.67. The van der Waals surface area contributed by atoms with Gasteiger partial charge in [-0.05, 0) is 25.2 Å². The Balaban J connectivity index is 2.55. The Morgan fingerprint density at radius 3 is 2.26 bits per heavy atom. The molecule has 0 unspecified atom stereocenters. The minimum atomic E-state index is -3.09. The van der Waals surface area contributed by atoms with E-state index in [0.29, 0.717) is 6.54 Å². The van der Waals surface area contributed by atoms with Crippen molar-refractivity contribution in [1.82, 2.24) is 4.90 Å². The van der Waals surface area contributed by atoms with Crippen LogP contribution < -0.4 is 0 Å². The lowest BCUT2D eigenvalue weighted by molar-refractivity contribution is -0.138. The fraction of sp³-hybridized carbons (Fsp3) is 0.833. The van der Waals surface area contributed by atoms with Crippen LogP contribution in [0.1, 0.15) is 32.6 Å². The molecule has 1 rings (SSSR count). The Hall–Kier alpha value is -1.11. The van der Waals surface area contributed by atoms with Crippen LogP contribution in [0.25, 0.3) is 0 Å². The normalized spacial score (nSPS) is 16.9. The summed E-state index contributed by atoms with van der Waals surface area (Å²) in [6, 6.07) is 0. The fourth-order valence-corrected chi connectivity index (χ4v) is 3.73. The smallest absolute Gasteiger partial charge is 0.305 e. The van der Waals surface area contributed by atoms with Crippen molar-refractivity contribution in [2.75, 3.05) is 25.1 Å². The van der Waals surface area contributed by atoms with Crippen molar-refractivity contribution in [3.05, 3.63) is 0 Å². The van der Waals surface area contributed by atoms with Crippen LogP contribution in [0.2, 0.25) is 0 Å². The lowest BCUT2D eigenvalue weighted by Gasteiger charge is -2.23. The molecule has 110 valence electrons. The molecule has 7 heteroatoms. The quantitative estimate of drug-likeness (QED) is 0.704. The third-order valence-corrected chi connectivity index (χ3v) is 4.52. The van der Waals surface area contributed by atoms with E-state index in [9.17, 15) is 18.0 Å². The zero-order chi connectivity index (χ0) is 14.7. The van der Waals surface area contributed by atoms with Crippen LogP contribution in [0.15, 0.2) is 0 Å². The third kappa shape index (κ3) is 5.59. The molecule has 6 nitrogen and oxygen atoms in total. The highest BCUT2D eigenvalue weighted by atomic mass is 32.2. The van der Waals surface area contributed by atoms with E-state index in [0.717, 1.165) is 12.8 Å². The predicted molar refractivity (Wildman–Crippen MR) is 70.5 cm³/mol. The number of rotatable bonds is 8. The van der Waals surface area contributed by atoms with Gasteiger partial charge < -0.3 is 10.0 Å². The van der Waals surface area contributed by atoms with E-state index in [4.69, 9.17) is 5.11 Å². The Bertz CT molecular complexity index is 453. The van der Waals surface area contributed by atoms with Gasteiger partial charge in [0.05, 0.1) is 12.2 Å². The van der Waals surface area contributed by atoms with Gasteiger partial charge in [0.15, 0.2) is 0 Å². The summed E-state index contributed by atoms with van der Waals surface area (Å²) in [5, 5.41) is 8.62. The second-order valence-electron chi connectivity index (χ2n) is 5.36. The SMILES string of the molecule is CCN(CCC(=O)O)C(=O)CC1(CS(C)(=O)=O)CC1. The molecule has 0 saturated heterocycles. The van der Waals surface area contributed by atoms with Crippen LogP contribution in [0.4, 0.5) is 0 Å². The van der Waals surface area contributed by atoms with Crippen LogP contribution in [-0.4, -0.2) is 55.4 Å². The van der Waals surface area contributed by atoms with Crippen molar-refractivity contribution >= 4 is 21.7 Å².